The summed E-state index contributed by atoms with van der Waals surface area (Å²) in [7, 11) is 0. The summed E-state index contributed by atoms with van der Waals surface area (Å²) >= 11 is 0. The first-order valence-corrected chi connectivity index (χ1v) is 10.5. The molecule has 2 aromatic heterocycles. The van der Waals surface area contributed by atoms with Crippen molar-refractivity contribution in [3.05, 3.63) is 89.7 Å². The van der Waals surface area contributed by atoms with Crippen molar-refractivity contribution < 1.29 is 32.6 Å². The third kappa shape index (κ3) is 3.86. The topological polar surface area (TPSA) is 108 Å². The first kappa shape index (κ1) is 22.1. The van der Waals surface area contributed by atoms with Crippen LogP contribution in [-0.2, 0) is 11.3 Å². The lowest BCUT2D eigenvalue weighted by molar-refractivity contribution is -0.139. The molecule has 0 spiro atoms. The van der Waals surface area contributed by atoms with Crippen LogP contribution in [0.25, 0.3) is 33.1 Å². The Morgan fingerprint density at radius 1 is 0.971 bits per heavy atom. The van der Waals surface area contributed by atoms with Crippen molar-refractivity contribution in [3.8, 4) is 17.1 Å². The van der Waals surface area contributed by atoms with E-state index in [1.807, 2.05) is 0 Å². The largest absolute Gasteiger partial charge is 0.481 e. The number of nitrogens with zero attached hydrogens (tertiary/aromatic N) is 1. The maximum absolute atomic E-state index is 14.6. The molecule has 0 atom stereocenters. The number of furan rings is 1. The number of carbonyl (C=O) groups is 2. The lowest BCUT2D eigenvalue weighted by Crippen LogP contribution is -2.12. The molecule has 0 aliphatic heterocycles. The van der Waals surface area contributed by atoms with Crippen LogP contribution in [0.4, 0.5) is 8.78 Å². The molecule has 5 rings (SSSR count). The van der Waals surface area contributed by atoms with Crippen molar-refractivity contribution in [2.24, 2.45) is 5.73 Å². The molecule has 0 unspecified atom stereocenters. The third-order valence-electron chi connectivity index (χ3n) is 5.76. The highest BCUT2D eigenvalue weighted by Gasteiger charge is 2.23. The molecule has 7 nitrogen and oxygen atoms in total. The number of benzene rings is 3. The molecular weight excluding hydrogens is 458 g/mol. The van der Waals surface area contributed by atoms with Gasteiger partial charge in [-0.05, 0) is 48.5 Å². The average Bonchev–Trinajstić information content (AvgIpc) is 3.46. The summed E-state index contributed by atoms with van der Waals surface area (Å²) in [6.45, 7) is -0.856. The predicted molar refractivity (Wildman–Crippen MR) is 124 cm³/mol. The highest BCUT2D eigenvalue weighted by molar-refractivity contribution is 6.20. The van der Waals surface area contributed by atoms with Crippen molar-refractivity contribution in [1.29, 1.82) is 0 Å². The van der Waals surface area contributed by atoms with Crippen LogP contribution in [0.3, 0.4) is 0 Å². The lowest BCUT2D eigenvalue weighted by atomic mass is 10.0. The number of halogens is 2. The molecule has 1 amide bonds. The van der Waals surface area contributed by atoms with Gasteiger partial charge < -0.3 is 24.6 Å². The van der Waals surface area contributed by atoms with Gasteiger partial charge in [0.05, 0.1) is 29.2 Å². The highest BCUT2D eigenvalue weighted by Crippen LogP contribution is 2.41. The first-order chi connectivity index (χ1) is 16.8. The number of carboxylic acids is 1. The molecule has 0 aliphatic carbocycles. The van der Waals surface area contributed by atoms with Gasteiger partial charge >= 0.3 is 5.97 Å². The SMILES string of the molecule is NC(=O)c1cccc2c1c1c(OCC(=O)O)cc(-c3ccco3)cc1n2Cc1c(F)cccc1F. The third-order valence-corrected chi connectivity index (χ3v) is 5.76. The van der Waals surface area contributed by atoms with Gasteiger partial charge in [-0.3, -0.25) is 4.79 Å². The van der Waals surface area contributed by atoms with Gasteiger partial charge in [-0.1, -0.05) is 12.1 Å². The number of hydrogen-bond donors (Lipinski definition) is 2. The number of carbonyl (C=O) groups excluding carboxylic acids is 1. The maximum Gasteiger partial charge on any atom is 0.341 e. The second-order valence-electron chi connectivity index (χ2n) is 7.88. The van der Waals surface area contributed by atoms with E-state index in [0.717, 1.165) is 12.1 Å². The van der Waals surface area contributed by atoms with Crippen molar-refractivity contribution >= 4 is 33.7 Å². The van der Waals surface area contributed by atoms with Gasteiger partial charge in [0, 0.05) is 22.1 Å². The molecule has 0 aliphatic rings. The predicted octanol–water partition coefficient (Wildman–Crippen LogP) is 4.94. The number of aromatic nitrogens is 1. The summed E-state index contributed by atoms with van der Waals surface area (Å²) in [5.74, 6) is -2.75. The van der Waals surface area contributed by atoms with Crippen LogP contribution in [0.15, 0.2) is 71.3 Å². The van der Waals surface area contributed by atoms with Crippen LogP contribution in [-0.4, -0.2) is 28.2 Å². The van der Waals surface area contributed by atoms with E-state index in [1.54, 1.807) is 41.0 Å². The smallest absolute Gasteiger partial charge is 0.341 e. The van der Waals surface area contributed by atoms with Crippen LogP contribution < -0.4 is 10.5 Å². The van der Waals surface area contributed by atoms with Crippen LogP contribution >= 0.6 is 0 Å². The molecule has 2 heterocycles. The fraction of sp³-hybridized carbons (Fsp3) is 0.0769. The van der Waals surface area contributed by atoms with Gasteiger partial charge in [0.15, 0.2) is 6.61 Å². The summed E-state index contributed by atoms with van der Waals surface area (Å²) in [4.78, 5) is 23.6. The fourth-order valence-electron chi connectivity index (χ4n) is 4.28. The number of aliphatic carboxylic acids is 1. The quantitative estimate of drug-likeness (QED) is 0.346. The number of fused-ring (bicyclic) bond motifs is 3. The molecule has 0 fully saturated rings. The van der Waals surface area contributed by atoms with Gasteiger partial charge in [-0.15, -0.1) is 0 Å². The molecule has 3 N–H and O–H groups in total. The Morgan fingerprint density at radius 2 is 1.71 bits per heavy atom. The Labute approximate surface area is 196 Å². The number of ether oxygens (including phenoxy) is 1. The first-order valence-electron chi connectivity index (χ1n) is 10.5. The van der Waals surface area contributed by atoms with Crippen LogP contribution in [0.1, 0.15) is 15.9 Å². The van der Waals surface area contributed by atoms with Crippen molar-refractivity contribution in [3.63, 3.8) is 0 Å². The van der Waals surface area contributed by atoms with Crippen LogP contribution in [0.5, 0.6) is 5.75 Å². The van der Waals surface area contributed by atoms with Crippen molar-refractivity contribution in [2.75, 3.05) is 6.61 Å². The van der Waals surface area contributed by atoms with E-state index in [4.69, 9.17) is 14.9 Å². The van der Waals surface area contributed by atoms with Crippen LogP contribution in [0.2, 0.25) is 0 Å². The number of nitrogens with two attached hydrogens (primary N) is 1. The minimum absolute atomic E-state index is 0.155. The minimum atomic E-state index is -1.20. The van der Waals surface area contributed by atoms with E-state index >= 15 is 0 Å². The molecule has 35 heavy (non-hydrogen) atoms. The van der Waals surface area contributed by atoms with Gasteiger partial charge in [0.1, 0.15) is 23.1 Å². The van der Waals surface area contributed by atoms with E-state index in [9.17, 15) is 23.5 Å². The Balaban J connectivity index is 1.89. The number of amides is 1. The monoisotopic (exact) mass is 476 g/mol. The van der Waals surface area contributed by atoms with E-state index < -0.39 is 30.1 Å². The molecule has 5 aromatic rings. The van der Waals surface area contributed by atoms with Crippen molar-refractivity contribution in [1.82, 2.24) is 4.57 Å². The summed E-state index contributed by atoms with van der Waals surface area (Å²) < 4.78 is 42.0. The zero-order valence-electron chi connectivity index (χ0n) is 18.1. The molecule has 0 bridgehead atoms. The van der Waals surface area contributed by atoms with E-state index in [0.29, 0.717) is 33.1 Å². The second kappa shape index (κ2) is 8.60. The summed E-state index contributed by atoms with van der Waals surface area (Å²) in [5.41, 5.74) is 7.09. The number of hydrogen-bond acceptors (Lipinski definition) is 4. The van der Waals surface area contributed by atoms with Gasteiger partial charge in [0.2, 0.25) is 5.91 Å². The summed E-state index contributed by atoms with van der Waals surface area (Å²) in [5, 5.41) is 9.99. The highest BCUT2D eigenvalue weighted by atomic mass is 19.1. The van der Waals surface area contributed by atoms with E-state index in [2.05, 4.69) is 0 Å². The maximum atomic E-state index is 14.6. The number of primary amides is 1. The molecule has 0 radical (unpaired) electrons. The zero-order chi connectivity index (χ0) is 24.7. The molecule has 176 valence electrons. The molecule has 0 saturated carbocycles. The fourth-order valence-corrected chi connectivity index (χ4v) is 4.28. The van der Waals surface area contributed by atoms with E-state index in [-0.39, 0.29) is 23.4 Å². The second-order valence-corrected chi connectivity index (χ2v) is 7.88. The lowest BCUT2D eigenvalue weighted by Gasteiger charge is -2.12. The molecule has 3 aromatic carbocycles. The summed E-state index contributed by atoms with van der Waals surface area (Å²) in [6, 6.07) is 15.1. The molecule has 0 saturated heterocycles. The molecule has 9 heteroatoms. The average molecular weight is 476 g/mol. The van der Waals surface area contributed by atoms with Gasteiger partial charge in [0.25, 0.3) is 0 Å². The Morgan fingerprint density at radius 3 is 2.37 bits per heavy atom. The van der Waals surface area contributed by atoms with Crippen molar-refractivity contribution in [2.45, 2.75) is 6.54 Å². The van der Waals surface area contributed by atoms with E-state index in [1.165, 1.54) is 18.4 Å². The number of rotatable bonds is 7. The van der Waals surface area contributed by atoms with Gasteiger partial charge in [-0.2, -0.15) is 0 Å². The minimum Gasteiger partial charge on any atom is -0.481 e. The molecular formula is C26H18F2N2O5. The van der Waals surface area contributed by atoms with Gasteiger partial charge in [-0.25, -0.2) is 13.6 Å². The number of carboxylic acid groups (broad SMARTS) is 1. The Hall–Kier alpha value is -4.66. The summed E-state index contributed by atoms with van der Waals surface area (Å²) in [6.07, 6.45) is 1.48. The normalized spacial score (nSPS) is 11.3. The standard InChI is InChI=1S/C26H18F2N2O5/c27-17-5-2-6-18(28)16(17)12-30-19-7-1-4-15(26(29)33)24(19)25-20(30)10-14(21-8-3-9-34-21)11-22(25)35-13-23(31)32/h1-11H,12-13H2,(H2,29,33)(H,31,32). The van der Waals surface area contributed by atoms with Crippen LogP contribution in [0, 0.1) is 11.6 Å². The zero-order valence-corrected chi connectivity index (χ0v) is 18.1. The Kier molecular flexibility index (Phi) is 5.44. The Bertz CT molecular complexity index is 1590.